The first-order valence-corrected chi connectivity index (χ1v) is 6.11. The van der Waals surface area contributed by atoms with Gasteiger partial charge in [-0.3, -0.25) is 0 Å². The number of ether oxygens (including phenoxy) is 2. The largest absolute Gasteiger partial charge is 0.377 e. The van der Waals surface area contributed by atoms with E-state index in [-0.39, 0.29) is 11.6 Å². The van der Waals surface area contributed by atoms with E-state index < -0.39 is 0 Å². The average Bonchev–Trinajstić information content (AvgIpc) is 2.17. The van der Waals surface area contributed by atoms with Crippen LogP contribution >= 0.6 is 0 Å². The van der Waals surface area contributed by atoms with Crippen molar-refractivity contribution in [2.24, 2.45) is 5.73 Å². The maximum Gasteiger partial charge on any atom is 0.0703 e. The van der Waals surface area contributed by atoms with E-state index in [0.717, 1.165) is 12.8 Å². The van der Waals surface area contributed by atoms with Crippen LogP contribution in [-0.4, -0.2) is 31.5 Å². The molecular formula is C12H25NO2. The van der Waals surface area contributed by atoms with E-state index in [1.54, 1.807) is 0 Å². The molecule has 90 valence electrons. The van der Waals surface area contributed by atoms with Crippen molar-refractivity contribution >= 4 is 0 Å². The fourth-order valence-corrected chi connectivity index (χ4v) is 2.02. The maximum atomic E-state index is 6.24. The fourth-order valence-electron chi connectivity index (χ4n) is 2.02. The van der Waals surface area contributed by atoms with Gasteiger partial charge in [-0.15, -0.1) is 0 Å². The minimum absolute atomic E-state index is 0.0594. The van der Waals surface area contributed by atoms with E-state index in [1.807, 2.05) is 13.8 Å². The lowest BCUT2D eigenvalue weighted by atomic mass is 9.83. The first-order valence-electron chi connectivity index (χ1n) is 6.11. The van der Waals surface area contributed by atoms with Gasteiger partial charge in [0.25, 0.3) is 0 Å². The van der Waals surface area contributed by atoms with Gasteiger partial charge in [0.05, 0.1) is 25.9 Å². The second-order valence-corrected chi connectivity index (χ2v) is 4.90. The van der Waals surface area contributed by atoms with Crippen molar-refractivity contribution in [3.05, 3.63) is 0 Å². The lowest BCUT2D eigenvalue weighted by Crippen LogP contribution is -2.46. The normalized spacial score (nSPS) is 20.8. The highest BCUT2D eigenvalue weighted by Crippen LogP contribution is 2.25. The SMILES string of the molecule is CC(C)OCCOCC1(N)CCCCC1. The smallest absolute Gasteiger partial charge is 0.0703 e. The summed E-state index contributed by atoms with van der Waals surface area (Å²) in [4.78, 5) is 0. The molecule has 1 aliphatic carbocycles. The van der Waals surface area contributed by atoms with Crippen molar-refractivity contribution in [3.63, 3.8) is 0 Å². The van der Waals surface area contributed by atoms with Crippen LogP contribution in [-0.2, 0) is 9.47 Å². The molecule has 3 heteroatoms. The molecule has 0 aromatic rings. The summed E-state index contributed by atoms with van der Waals surface area (Å²) in [7, 11) is 0. The standard InChI is InChI=1S/C12H25NO2/c1-11(2)15-9-8-14-10-12(13)6-4-3-5-7-12/h11H,3-10,13H2,1-2H3. The van der Waals surface area contributed by atoms with Gasteiger partial charge in [-0.05, 0) is 26.7 Å². The third kappa shape index (κ3) is 5.50. The number of hydrogen-bond donors (Lipinski definition) is 1. The second kappa shape index (κ2) is 6.46. The lowest BCUT2D eigenvalue weighted by molar-refractivity contribution is 0.000474. The summed E-state index contributed by atoms with van der Waals surface area (Å²) in [6.45, 7) is 6.09. The van der Waals surface area contributed by atoms with Crippen molar-refractivity contribution in [2.75, 3.05) is 19.8 Å². The van der Waals surface area contributed by atoms with Crippen molar-refractivity contribution < 1.29 is 9.47 Å². The van der Waals surface area contributed by atoms with Gasteiger partial charge in [0.15, 0.2) is 0 Å². The first-order chi connectivity index (χ1) is 7.12. The predicted octanol–water partition coefficient (Wildman–Crippen LogP) is 2.09. The zero-order chi connectivity index (χ0) is 11.1. The third-order valence-electron chi connectivity index (χ3n) is 2.92. The van der Waals surface area contributed by atoms with Crippen LogP contribution < -0.4 is 5.73 Å². The van der Waals surface area contributed by atoms with Crippen LogP contribution in [0.4, 0.5) is 0 Å². The van der Waals surface area contributed by atoms with Gasteiger partial charge in [0.1, 0.15) is 0 Å². The zero-order valence-corrected chi connectivity index (χ0v) is 10.1. The minimum Gasteiger partial charge on any atom is -0.377 e. The van der Waals surface area contributed by atoms with Crippen molar-refractivity contribution in [1.82, 2.24) is 0 Å². The summed E-state index contributed by atoms with van der Waals surface area (Å²) in [5.74, 6) is 0. The van der Waals surface area contributed by atoms with Crippen molar-refractivity contribution in [3.8, 4) is 0 Å². The van der Waals surface area contributed by atoms with E-state index in [9.17, 15) is 0 Å². The van der Waals surface area contributed by atoms with Crippen LogP contribution in [0.3, 0.4) is 0 Å². The lowest BCUT2D eigenvalue weighted by Gasteiger charge is -2.33. The molecule has 0 aromatic heterocycles. The van der Waals surface area contributed by atoms with Crippen LogP contribution in [0.1, 0.15) is 46.0 Å². The molecule has 0 heterocycles. The topological polar surface area (TPSA) is 44.5 Å². The van der Waals surface area contributed by atoms with Crippen LogP contribution in [0.25, 0.3) is 0 Å². The van der Waals surface area contributed by atoms with Gasteiger partial charge in [-0.2, -0.15) is 0 Å². The number of rotatable bonds is 6. The summed E-state index contributed by atoms with van der Waals surface area (Å²) in [5.41, 5.74) is 6.18. The molecule has 3 nitrogen and oxygen atoms in total. The monoisotopic (exact) mass is 215 g/mol. The molecule has 1 rings (SSSR count). The van der Waals surface area contributed by atoms with E-state index in [2.05, 4.69) is 0 Å². The molecule has 0 spiro atoms. The minimum atomic E-state index is -0.0594. The molecular weight excluding hydrogens is 190 g/mol. The molecule has 0 bridgehead atoms. The second-order valence-electron chi connectivity index (χ2n) is 4.90. The molecule has 0 saturated heterocycles. The highest BCUT2D eigenvalue weighted by Gasteiger charge is 2.27. The number of nitrogens with two attached hydrogens (primary N) is 1. The first kappa shape index (κ1) is 12.9. The van der Waals surface area contributed by atoms with Gasteiger partial charge in [0.2, 0.25) is 0 Å². The van der Waals surface area contributed by atoms with E-state index in [0.29, 0.717) is 19.8 Å². The van der Waals surface area contributed by atoms with Crippen LogP contribution in [0, 0.1) is 0 Å². The van der Waals surface area contributed by atoms with Crippen molar-refractivity contribution in [2.45, 2.75) is 57.6 Å². The predicted molar refractivity (Wildman–Crippen MR) is 61.9 cm³/mol. The van der Waals surface area contributed by atoms with Gasteiger partial charge in [-0.1, -0.05) is 19.3 Å². The van der Waals surface area contributed by atoms with Gasteiger partial charge in [0, 0.05) is 5.54 Å². The Labute approximate surface area is 93.3 Å². The summed E-state index contributed by atoms with van der Waals surface area (Å²) in [5, 5.41) is 0. The van der Waals surface area contributed by atoms with Crippen LogP contribution in [0.15, 0.2) is 0 Å². The summed E-state index contributed by atoms with van der Waals surface area (Å²) >= 11 is 0. The van der Waals surface area contributed by atoms with Gasteiger partial charge >= 0.3 is 0 Å². The highest BCUT2D eigenvalue weighted by molar-refractivity contribution is 4.86. The third-order valence-corrected chi connectivity index (χ3v) is 2.92. The highest BCUT2D eigenvalue weighted by atomic mass is 16.5. The Morgan fingerprint density at radius 1 is 1.13 bits per heavy atom. The van der Waals surface area contributed by atoms with E-state index in [4.69, 9.17) is 15.2 Å². The molecule has 1 fully saturated rings. The Kier molecular flexibility index (Phi) is 5.58. The van der Waals surface area contributed by atoms with E-state index >= 15 is 0 Å². The number of hydrogen-bond acceptors (Lipinski definition) is 3. The zero-order valence-electron chi connectivity index (χ0n) is 10.1. The Hall–Kier alpha value is -0.120. The molecule has 0 unspecified atom stereocenters. The Balaban J connectivity index is 2.03. The van der Waals surface area contributed by atoms with Crippen LogP contribution in [0.2, 0.25) is 0 Å². The van der Waals surface area contributed by atoms with Gasteiger partial charge < -0.3 is 15.2 Å². The summed E-state index contributed by atoms with van der Waals surface area (Å²) in [6.07, 6.45) is 6.34. The summed E-state index contributed by atoms with van der Waals surface area (Å²) in [6, 6.07) is 0. The molecule has 1 aliphatic rings. The molecule has 0 atom stereocenters. The average molecular weight is 215 g/mol. The molecule has 0 amide bonds. The van der Waals surface area contributed by atoms with E-state index in [1.165, 1.54) is 19.3 Å². The molecule has 2 N–H and O–H groups in total. The van der Waals surface area contributed by atoms with Gasteiger partial charge in [-0.25, -0.2) is 0 Å². The molecule has 1 saturated carbocycles. The van der Waals surface area contributed by atoms with Crippen LogP contribution in [0.5, 0.6) is 0 Å². The molecule has 0 aromatic carbocycles. The quantitative estimate of drug-likeness (QED) is 0.690. The Bertz CT molecular complexity index is 165. The summed E-state index contributed by atoms with van der Waals surface area (Å²) < 4.78 is 11.0. The fraction of sp³-hybridized carbons (Fsp3) is 1.00. The molecule has 15 heavy (non-hydrogen) atoms. The Morgan fingerprint density at radius 3 is 2.40 bits per heavy atom. The van der Waals surface area contributed by atoms with Crippen molar-refractivity contribution in [1.29, 1.82) is 0 Å². The Morgan fingerprint density at radius 2 is 1.80 bits per heavy atom. The maximum absolute atomic E-state index is 6.24. The molecule has 0 aliphatic heterocycles. The molecule has 0 radical (unpaired) electrons.